The van der Waals surface area contributed by atoms with E-state index in [-0.39, 0.29) is 29.2 Å². The summed E-state index contributed by atoms with van der Waals surface area (Å²) in [5, 5.41) is 8.23. The first-order valence-electron chi connectivity index (χ1n) is 8.04. The summed E-state index contributed by atoms with van der Waals surface area (Å²) in [6.45, 7) is 4.17. The fourth-order valence-electron chi connectivity index (χ4n) is 2.71. The van der Waals surface area contributed by atoms with Gasteiger partial charge in [-0.2, -0.15) is 5.10 Å². The molecule has 0 spiro atoms. The molecule has 1 fully saturated rings. The third-order valence-electron chi connectivity index (χ3n) is 4.26. The van der Waals surface area contributed by atoms with Crippen LogP contribution in [0.5, 0.6) is 0 Å². The summed E-state index contributed by atoms with van der Waals surface area (Å²) in [6.07, 6.45) is 2.27. The quantitative estimate of drug-likeness (QED) is 0.874. The lowest BCUT2D eigenvalue weighted by Gasteiger charge is -2.15. The Kier molecular flexibility index (Phi) is 4.17. The van der Waals surface area contributed by atoms with Gasteiger partial charge in [0, 0.05) is 18.0 Å². The number of carbonyl (C=O) groups excluding carboxylic acids is 1. The zero-order valence-corrected chi connectivity index (χ0v) is 13.5. The molecule has 0 aliphatic heterocycles. The summed E-state index contributed by atoms with van der Waals surface area (Å²) in [6, 6.07) is 6.94. The molecular weight excluding hydrogens is 292 g/mol. The number of nitrogens with zero attached hydrogens (tertiary/aromatic N) is 2. The Labute approximate surface area is 134 Å². The third-order valence-corrected chi connectivity index (χ3v) is 4.26. The summed E-state index contributed by atoms with van der Waals surface area (Å²) in [4.78, 5) is 25.0. The van der Waals surface area contributed by atoms with Crippen molar-refractivity contribution >= 4 is 16.7 Å². The molecule has 1 atom stereocenters. The van der Waals surface area contributed by atoms with Crippen LogP contribution in [0.4, 0.5) is 0 Å². The number of nitrogens with two attached hydrogens (primary N) is 1. The molecule has 6 nitrogen and oxygen atoms in total. The highest BCUT2D eigenvalue weighted by molar-refractivity contribution is 6.04. The van der Waals surface area contributed by atoms with Crippen LogP contribution in [-0.2, 0) is 0 Å². The van der Waals surface area contributed by atoms with Crippen LogP contribution in [0.2, 0.25) is 0 Å². The average molecular weight is 314 g/mol. The first-order chi connectivity index (χ1) is 11.0. The monoisotopic (exact) mass is 314 g/mol. The normalized spacial score (nSPS) is 15.8. The van der Waals surface area contributed by atoms with Crippen LogP contribution in [0.25, 0.3) is 10.8 Å². The van der Waals surface area contributed by atoms with Crippen molar-refractivity contribution in [2.24, 2.45) is 11.7 Å². The van der Waals surface area contributed by atoms with Gasteiger partial charge >= 0.3 is 0 Å². The van der Waals surface area contributed by atoms with Gasteiger partial charge in [0.2, 0.25) is 0 Å². The number of amides is 1. The maximum Gasteiger partial charge on any atom is 0.274 e. The molecule has 3 N–H and O–H groups in total. The van der Waals surface area contributed by atoms with Crippen LogP contribution >= 0.6 is 0 Å². The Bertz CT molecular complexity index is 793. The molecular formula is C17H22N4O2. The highest BCUT2D eigenvalue weighted by Crippen LogP contribution is 2.31. The summed E-state index contributed by atoms with van der Waals surface area (Å²) < 4.78 is 1.36. The molecule has 1 heterocycles. The number of fused-ring (bicyclic) bond motifs is 1. The molecule has 2 aromatic rings. The standard InChI is InChI=1S/C17H22N4O2/c1-10(2)21-17(23)13-6-4-3-5-12(13)15(20-21)16(22)19-9-14(18)11-7-8-11/h3-6,10-11,14H,7-9,18H2,1-2H3,(H,19,22). The van der Waals surface area contributed by atoms with Gasteiger partial charge in [0.25, 0.3) is 11.5 Å². The Morgan fingerprint density at radius 2 is 2.00 bits per heavy atom. The molecule has 1 saturated carbocycles. The molecule has 23 heavy (non-hydrogen) atoms. The van der Waals surface area contributed by atoms with E-state index in [2.05, 4.69) is 10.4 Å². The number of hydrogen-bond acceptors (Lipinski definition) is 4. The molecule has 0 bridgehead atoms. The summed E-state index contributed by atoms with van der Waals surface area (Å²) >= 11 is 0. The number of carbonyl (C=O) groups is 1. The Morgan fingerprint density at radius 3 is 2.61 bits per heavy atom. The lowest BCUT2D eigenvalue weighted by molar-refractivity contribution is 0.0944. The van der Waals surface area contributed by atoms with Gasteiger partial charge in [0.15, 0.2) is 5.69 Å². The van der Waals surface area contributed by atoms with Gasteiger partial charge in [-0.1, -0.05) is 18.2 Å². The fraction of sp³-hybridized carbons (Fsp3) is 0.471. The van der Waals surface area contributed by atoms with Gasteiger partial charge in [-0.25, -0.2) is 4.68 Å². The van der Waals surface area contributed by atoms with Crippen molar-refractivity contribution < 1.29 is 4.79 Å². The van der Waals surface area contributed by atoms with E-state index in [9.17, 15) is 9.59 Å². The predicted molar refractivity (Wildman–Crippen MR) is 89.4 cm³/mol. The van der Waals surface area contributed by atoms with Crippen molar-refractivity contribution in [2.45, 2.75) is 38.8 Å². The highest BCUT2D eigenvalue weighted by atomic mass is 16.2. The summed E-state index contributed by atoms with van der Waals surface area (Å²) in [7, 11) is 0. The number of aromatic nitrogens is 2. The van der Waals surface area contributed by atoms with E-state index in [0.29, 0.717) is 23.2 Å². The van der Waals surface area contributed by atoms with Gasteiger partial charge in [-0.3, -0.25) is 9.59 Å². The zero-order chi connectivity index (χ0) is 16.6. The minimum Gasteiger partial charge on any atom is -0.349 e. The van der Waals surface area contributed by atoms with Crippen LogP contribution in [0.15, 0.2) is 29.1 Å². The van der Waals surface area contributed by atoms with E-state index in [1.807, 2.05) is 13.8 Å². The van der Waals surface area contributed by atoms with Crippen molar-refractivity contribution in [3.05, 3.63) is 40.3 Å². The fourth-order valence-corrected chi connectivity index (χ4v) is 2.71. The van der Waals surface area contributed by atoms with Crippen LogP contribution < -0.4 is 16.6 Å². The van der Waals surface area contributed by atoms with E-state index >= 15 is 0 Å². The van der Waals surface area contributed by atoms with Gasteiger partial charge in [0.05, 0.1) is 11.4 Å². The summed E-state index contributed by atoms with van der Waals surface area (Å²) in [5.74, 6) is 0.233. The lowest BCUT2D eigenvalue weighted by atomic mass is 10.1. The number of hydrogen-bond donors (Lipinski definition) is 2. The molecule has 1 aromatic heterocycles. The minimum atomic E-state index is -0.285. The average Bonchev–Trinajstić information content (AvgIpc) is 3.37. The van der Waals surface area contributed by atoms with Gasteiger partial charge in [0.1, 0.15) is 0 Å². The van der Waals surface area contributed by atoms with Crippen LogP contribution in [0.3, 0.4) is 0 Å². The molecule has 1 unspecified atom stereocenters. The van der Waals surface area contributed by atoms with Crippen molar-refractivity contribution in [3.8, 4) is 0 Å². The SMILES string of the molecule is CC(C)n1nc(C(=O)NCC(N)C2CC2)c2ccccc2c1=O. The third kappa shape index (κ3) is 3.12. The number of benzene rings is 1. The second-order valence-corrected chi connectivity index (χ2v) is 6.45. The van der Waals surface area contributed by atoms with E-state index in [0.717, 1.165) is 12.8 Å². The van der Waals surface area contributed by atoms with Gasteiger partial charge in [-0.05, 0) is 38.7 Å². The van der Waals surface area contributed by atoms with Crippen molar-refractivity contribution in [2.75, 3.05) is 6.54 Å². The lowest BCUT2D eigenvalue weighted by Crippen LogP contribution is -2.39. The second-order valence-electron chi connectivity index (χ2n) is 6.45. The van der Waals surface area contributed by atoms with Crippen LogP contribution in [0, 0.1) is 5.92 Å². The Balaban J connectivity index is 1.96. The predicted octanol–water partition coefficient (Wildman–Crippen LogP) is 1.44. The maximum absolute atomic E-state index is 12.5. The zero-order valence-electron chi connectivity index (χ0n) is 13.5. The molecule has 1 aliphatic rings. The topological polar surface area (TPSA) is 90.0 Å². The van der Waals surface area contributed by atoms with Gasteiger partial charge < -0.3 is 11.1 Å². The number of nitrogens with one attached hydrogen (secondary N) is 1. The largest absolute Gasteiger partial charge is 0.349 e. The molecule has 0 saturated heterocycles. The first kappa shape index (κ1) is 15.7. The van der Waals surface area contributed by atoms with Crippen molar-refractivity contribution in [3.63, 3.8) is 0 Å². The smallest absolute Gasteiger partial charge is 0.274 e. The molecule has 0 radical (unpaired) electrons. The van der Waals surface area contributed by atoms with Crippen LogP contribution in [0.1, 0.15) is 43.2 Å². The Morgan fingerprint density at radius 1 is 1.35 bits per heavy atom. The molecule has 3 rings (SSSR count). The molecule has 6 heteroatoms. The van der Waals surface area contributed by atoms with Crippen molar-refractivity contribution in [1.29, 1.82) is 0 Å². The first-order valence-corrected chi connectivity index (χ1v) is 8.04. The second kappa shape index (κ2) is 6.12. The number of rotatable bonds is 5. The van der Waals surface area contributed by atoms with E-state index in [1.165, 1.54) is 4.68 Å². The summed E-state index contributed by atoms with van der Waals surface area (Å²) in [5.41, 5.74) is 6.13. The van der Waals surface area contributed by atoms with E-state index < -0.39 is 0 Å². The van der Waals surface area contributed by atoms with Gasteiger partial charge in [-0.15, -0.1) is 0 Å². The minimum absolute atomic E-state index is 0.0128. The molecule has 1 amide bonds. The Hall–Kier alpha value is -2.21. The van der Waals surface area contributed by atoms with Crippen LogP contribution in [-0.4, -0.2) is 28.3 Å². The highest BCUT2D eigenvalue weighted by Gasteiger charge is 2.29. The molecule has 122 valence electrons. The molecule has 1 aliphatic carbocycles. The van der Waals surface area contributed by atoms with E-state index in [4.69, 9.17) is 5.73 Å². The van der Waals surface area contributed by atoms with E-state index in [1.54, 1.807) is 24.3 Å². The molecule has 1 aromatic carbocycles. The van der Waals surface area contributed by atoms with Crippen molar-refractivity contribution in [1.82, 2.24) is 15.1 Å². The maximum atomic E-state index is 12.5.